The third-order valence-corrected chi connectivity index (χ3v) is 3.89. The van der Waals surface area contributed by atoms with Crippen LogP contribution in [0.1, 0.15) is 16.1 Å². The van der Waals surface area contributed by atoms with Crippen LogP contribution in [0, 0.1) is 5.82 Å². The number of amides is 1. The first-order valence-electron chi connectivity index (χ1n) is 7.37. The molecule has 1 amide bonds. The fraction of sp³-hybridized carbons (Fsp3) is 0.375. The molecular weight excluding hydrogens is 283 g/mol. The van der Waals surface area contributed by atoms with Crippen molar-refractivity contribution < 1.29 is 9.18 Å². The van der Waals surface area contributed by atoms with Gasteiger partial charge in [0.15, 0.2) is 0 Å². The molecule has 0 unspecified atom stereocenters. The fourth-order valence-corrected chi connectivity index (χ4v) is 2.69. The van der Waals surface area contributed by atoms with E-state index >= 15 is 0 Å². The van der Waals surface area contributed by atoms with E-state index in [-0.39, 0.29) is 11.7 Å². The maximum absolute atomic E-state index is 13.2. The van der Waals surface area contributed by atoms with Crippen molar-refractivity contribution in [3.63, 3.8) is 0 Å². The third kappa shape index (κ3) is 3.33. The lowest BCUT2D eigenvalue weighted by molar-refractivity contribution is 0.0622. The summed E-state index contributed by atoms with van der Waals surface area (Å²) < 4.78 is 14.8. The maximum atomic E-state index is 13.2. The first-order valence-corrected chi connectivity index (χ1v) is 7.37. The number of aromatic nitrogens is 2. The molecule has 22 heavy (non-hydrogen) atoms. The molecule has 5 nitrogen and oxygen atoms in total. The number of aryl methyl sites for hydroxylation is 1. The topological polar surface area (TPSA) is 41.4 Å². The Morgan fingerprint density at radius 1 is 1.23 bits per heavy atom. The highest BCUT2D eigenvalue weighted by Gasteiger charge is 2.23. The lowest BCUT2D eigenvalue weighted by Crippen LogP contribution is -2.48. The molecule has 1 fully saturated rings. The Bertz CT molecular complexity index is 662. The second-order valence-corrected chi connectivity index (χ2v) is 5.57. The van der Waals surface area contributed by atoms with Crippen molar-refractivity contribution in [2.75, 3.05) is 26.2 Å². The average Bonchev–Trinajstić information content (AvgIpc) is 2.94. The van der Waals surface area contributed by atoms with Gasteiger partial charge < -0.3 is 4.90 Å². The average molecular weight is 302 g/mol. The zero-order valence-electron chi connectivity index (χ0n) is 12.6. The number of benzene rings is 1. The zero-order chi connectivity index (χ0) is 15.5. The highest BCUT2D eigenvalue weighted by Crippen LogP contribution is 2.11. The van der Waals surface area contributed by atoms with Crippen molar-refractivity contribution in [1.29, 1.82) is 0 Å². The van der Waals surface area contributed by atoms with Gasteiger partial charge in [-0.25, -0.2) is 4.39 Å². The van der Waals surface area contributed by atoms with Crippen LogP contribution in [0.4, 0.5) is 4.39 Å². The van der Waals surface area contributed by atoms with Crippen molar-refractivity contribution in [3.8, 4) is 0 Å². The van der Waals surface area contributed by atoms with Gasteiger partial charge in [-0.15, -0.1) is 0 Å². The first-order chi connectivity index (χ1) is 10.6. The Kier molecular flexibility index (Phi) is 4.20. The molecule has 0 atom stereocenters. The molecule has 2 heterocycles. The Balaban J connectivity index is 1.55. The maximum Gasteiger partial charge on any atom is 0.274 e. The van der Waals surface area contributed by atoms with Crippen molar-refractivity contribution in [1.82, 2.24) is 19.6 Å². The molecule has 1 aliphatic rings. The molecule has 0 aliphatic carbocycles. The lowest BCUT2D eigenvalue weighted by atomic mass is 10.2. The quantitative estimate of drug-likeness (QED) is 0.863. The minimum absolute atomic E-state index is 0.0222. The van der Waals surface area contributed by atoms with Crippen LogP contribution >= 0.6 is 0 Å². The van der Waals surface area contributed by atoms with Gasteiger partial charge in [-0.1, -0.05) is 12.1 Å². The molecule has 0 spiro atoms. The number of halogens is 1. The highest BCUT2D eigenvalue weighted by atomic mass is 19.1. The number of carbonyl (C=O) groups excluding carboxylic acids is 1. The monoisotopic (exact) mass is 302 g/mol. The van der Waals surface area contributed by atoms with Gasteiger partial charge in [0, 0.05) is 46.0 Å². The van der Waals surface area contributed by atoms with Gasteiger partial charge in [-0.05, 0) is 23.8 Å². The number of rotatable bonds is 3. The molecule has 1 aromatic heterocycles. The minimum atomic E-state index is -0.207. The number of piperazine rings is 1. The van der Waals surface area contributed by atoms with E-state index in [4.69, 9.17) is 0 Å². The van der Waals surface area contributed by atoms with E-state index in [1.54, 1.807) is 36.1 Å². The van der Waals surface area contributed by atoms with Gasteiger partial charge in [0.1, 0.15) is 11.5 Å². The predicted octanol–water partition coefficient (Wildman–Crippen LogP) is 1.52. The Morgan fingerprint density at radius 2 is 2.00 bits per heavy atom. The van der Waals surface area contributed by atoms with Crippen LogP contribution in [0.2, 0.25) is 0 Å². The summed E-state index contributed by atoms with van der Waals surface area (Å²) in [6.07, 6.45) is 1.77. The van der Waals surface area contributed by atoms with Crippen molar-refractivity contribution in [2.24, 2.45) is 7.05 Å². The van der Waals surface area contributed by atoms with E-state index < -0.39 is 0 Å². The van der Waals surface area contributed by atoms with E-state index in [0.29, 0.717) is 25.3 Å². The van der Waals surface area contributed by atoms with Gasteiger partial charge in [0.05, 0.1) is 0 Å². The van der Waals surface area contributed by atoms with Gasteiger partial charge in [0.25, 0.3) is 5.91 Å². The summed E-state index contributed by atoms with van der Waals surface area (Å²) in [4.78, 5) is 16.4. The number of carbonyl (C=O) groups is 1. The summed E-state index contributed by atoms with van der Waals surface area (Å²) >= 11 is 0. The molecule has 0 N–H and O–H groups in total. The fourth-order valence-electron chi connectivity index (χ4n) is 2.69. The van der Waals surface area contributed by atoms with Crippen LogP contribution in [0.15, 0.2) is 36.5 Å². The van der Waals surface area contributed by atoms with Crippen molar-refractivity contribution in [3.05, 3.63) is 53.6 Å². The standard InChI is InChI=1S/C16H19FN4O/c1-19-6-5-15(18-19)16(22)21-9-7-20(8-10-21)12-13-3-2-4-14(17)11-13/h2-6,11H,7-10,12H2,1H3. The van der Waals surface area contributed by atoms with E-state index in [1.807, 2.05) is 11.0 Å². The highest BCUT2D eigenvalue weighted by molar-refractivity contribution is 5.92. The number of hydrogen-bond acceptors (Lipinski definition) is 3. The molecule has 1 saturated heterocycles. The summed E-state index contributed by atoms with van der Waals surface area (Å²) in [5, 5.41) is 4.15. The summed E-state index contributed by atoms with van der Waals surface area (Å²) in [5.74, 6) is -0.229. The first kappa shape index (κ1) is 14.7. The van der Waals surface area contributed by atoms with Crippen LogP contribution in [-0.4, -0.2) is 51.7 Å². The van der Waals surface area contributed by atoms with Gasteiger partial charge in [0.2, 0.25) is 0 Å². The molecule has 3 rings (SSSR count). The minimum Gasteiger partial charge on any atom is -0.335 e. The molecular formula is C16H19FN4O. The van der Waals surface area contributed by atoms with Crippen molar-refractivity contribution >= 4 is 5.91 Å². The third-order valence-electron chi connectivity index (χ3n) is 3.89. The molecule has 2 aromatic rings. The summed E-state index contributed by atoms with van der Waals surface area (Å²) in [6, 6.07) is 8.40. The number of hydrogen-bond donors (Lipinski definition) is 0. The van der Waals surface area contributed by atoms with Gasteiger partial charge in [-0.2, -0.15) is 5.10 Å². The lowest BCUT2D eigenvalue weighted by Gasteiger charge is -2.34. The Morgan fingerprint density at radius 3 is 2.64 bits per heavy atom. The smallest absolute Gasteiger partial charge is 0.274 e. The molecule has 0 saturated carbocycles. The van der Waals surface area contributed by atoms with Crippen LogP contribution in [0.25, 0.3) is 0 Å². The zero-order valence-corrected chi connectivity index (χ0v) is 12.6. The predicted molar refractivity (Wildman–Crippen MR) is 80.8 cm³/mol. The van der Waals surface area contributed by atoms with E-state index in [1.165, 1.54) is 6.07 Å². The van der Waals surface area contributed by atoms with Crippen LogP contribution in [-0.2, 0) is 13.6 Å². The van der Waals surface area contributed by atoms with Crippen LogP contribution in [0.3, 0.4) is 0 Å². The summed E-state index contributed by atoms with van der Waals surface area (Å²) in [7, 11) is 1.80. The molecule has 6 heteroatoms. The normalized spacial score (nSPS) is 16.0. The Labute approximate surface area is 128 Å². The SMILES string of the molecule is Cn1ccc(C(=O)N2CCN(Cc3cccc(F)c3)CC2)n1. The van der Waals surface area contributed by atoms with E-state index in [9.17, 15) is 9.18 Å². The van der Waals surface area contributed by atoms with E-state index in [0.717, 1.165) is 18.7 Å². The molecule has 116 valence electrons. The van der Waals surface area contributed by atoms with E-state index in [2.05, 4.69) is 10.00 Å². The molecule has 0 radical (unpaired) electrons. The second kappa shape index (κ2) is 6.27. The second-order valence-electron chi connectivity index (χ2n) is 5.57. The van der Waals surface area contributed by atoms with Crippen LogP contribution < -0.4 is 0 Å². The Hall–Kier alpha value is -2.21. The molecule has 1 aliphatic heterocycles. The van der Waals surface area contributed by atoms with Gasteiger partial charge >= 0.3 is 0 Å². The summed E-state index contributed by atoms with van der Waals surface area (Å²) in [5.41, 5.74) is 1.45. The van der Waals surface area contributed by atoms with Crippen molar-refractivity contribution in [2.45, 2.75) is 6.54 Å². The number of nitrogens with zero attached hydrogens (tertiary/aromatic N) is 4. The largest absolute Gasteiger partial charge is 0.335 e. The molecule has 0 bridgehead atoms. The van der Waals surface area contributed by atoms with Crippen LogP contribution in [0.5, 0.6) is 0 Å². The van der Waals surface area contributed by atoms with Gasteiger partial charge in [-0.3, -0.25) is 14.4 Å². The summed E-state index contributed by atoms with van der Waals surface area (Å²) in [6.45, 7) is 3.63. The molecule has 1 aromatic carbocycles.